The molecule has 0 fully saturated rings. The summed E-state index contributed by atoms with van der Waals surface area (Å²) in [6.07, 6.45) is -4.16. The number of hydrogen-bond donors (Lipinski definition) is 1. The average molecular weight is 196 g/mol. The summed E-state index contributed by atoms with van der Waals surface area (Å²) in [6, 6.07) is 0. The van der Waals surface area contributed by atoms with Gasteiger partial charge < -0.3 is 5.11 Å². The van der Waals surface area contributed by atoms with Crippen molar-refractivity contribution in [3.05, 3.63) is 11.8 Å². The Morgan fingerprint density at radius 2 is 2.00 bits per heavy atom. The molecule has 0 saturated heterocycles. The van der Waals surface area contributed by atoms with Gasteiger partial charge in [0.25, 0.3) is 0 Å². The maximum Gasteiger partial charge on any atom is 0.448 e. The third-order valence-electron chi connectivity index (χ3n) is 1.67. The molecule has 0 bridgehead atoms. The number of carbonyl (C=O) groups is 1. The fourth-order valence-corrected chi connectivity index (χ4v) is 0.560. The zero-order valence-electron chi connectivity index (χ0n) is 7.35. The molecule has 1 N–H and O–H groups in total. The van der Waals surface area contributed by atoms with Crippen LogP contribution in [0.2, 0.25) is 0 Å². The van der Waals surface area contributed by atoms with Crippen LogP contribution in [0.4, 0.5) is 13.2 Å². The summed E-state index contributed by atoms with van der Waals surface area (Å²) in [4.78, 5) is 10.9. The monoisotopic (exact) mass is 196 g/mol. The highest BCUT2D eigenvalue weighted by atomic mass is 19.4. The molecule has 0 saturated carbocycles. The zero-order chi connectivity index (χ0) is 10.6. The first-order valence-electron chi connectivity index (χ1n) is 3.80. The van der Waals surface area contributed by atoms with Crippen molar-refractivity contribution in [1.82, 2.24) is 0 Å². The van der Waals surface area contributed by atoms with E-state index in [1.54, 1.807) is 6.92 Å². The summed E-state index contributed by atoms with van der Waals surface area (Å²) >= 11 is 0. The van der Waals surface area contributed by atoms with Crippen molar-refractivity contribution >= 4 is 5.78 Å². The number of alkyl halides is 3. The second-order valence-corrected chi connectivity index (χ2v) is 2.74. The number of aliphatic hydroxyl groups is 1. The smallest absolute Gasteiger partial charge is 0.448 e. The molecule has 0 aliphatic heterocycles. The third kappa shape index (κ3) is 3.96. The standard InChI is InChI=1S/C8H11F3O2/c1-3-5(2)6(12)4-7(13)8(9,10)11/h4-5,13H,3H2,1-2H3. The Hall–Kier alpha value is -1.00. The summed E-state index contributed by atoms with van der Waals surface area (Å²) < 4.78 is 35.1. The van der Waals surface area contributed by atoms with Crippen LogP contribution in [0, 0.1) is 5.92 Å². The summed E-state index contributed by atoms with van der Waals surface area (Å²) in [5, 5.41) is 8.42. The minimum atomic E-state index is -4.83. The van der Waals surface area contributed by atoms with Crippen LogP contribution in [0.3, 0.4) is 0 Å². The highest BCUT2D eigenvalue weighted by Gasteiger charge is 2.34. The van der Waals surface area contributed by atoms with Crippen LogP contribution in [0.5, 0.6) is 0 Å². The van der Waals surface area contributed by atoms with Crippen molar-refractivity contribution in [3.63, 3.8) is 0 Å². The van der Waals surface area contributed by atoms with E-state index in [9.17, 15) is 18.0 Å². The maximum atomic E-state index is 11.7. The highest BCUT2D eigenvalue weighted by Crippen LogP contribution is 2.23. The van der Waals surface area contributed by atoms with Gasteiger partial charge >= 0.3 is 6.18 Å². The molecular formula is C8H11F3O2. The summed E-state index contributed by atoms with van der Waals surface area (Å²) in [7, 11) is 0. The van der Waals surface area contributed by atoms with Gasteiger partial charge in [-0.2, -0.15) is 13.2 Å². The minimum absolute atomic E-state index is 0.230. The molecule has 5 heteroatoms. The highest BCUT2D eigenvalue weighted by molar-refractivity contribution is 5.91. The van der Waals surface area contributed by atoms with Gasteiger partial charge in [-0.15, -0.1) is 0 Å². The molecule has 0 rings (SSSR count). The SMILES string of the molecule is CCC(C)C(=O)C=C(O)C(F)(F)F. The quantitative estimate of drug-likeness (QED) is 0.556. The summed E-state index contributed by atoms with van der Waals surface area (Å²) in [6.45, 7) is 3.18. The lowest BCUT2D eigenvalue weighted by Crippen LogP contribution is -2.15. The second kappa shape index (κ2) is 4.30. The molecule has 0 aromatic rings. The number of aliphatic hydroxyl groups excluding tert-OH is 1. The number of rotatable bonds is 3. The second-order valence-electron chi connectivity index (χ2n) is 2.74. The van der Waals surface area contributed by atoms with Crippen molar-refractivity contribution in [2.45, 2.75) is 26.4 Å². The van der Waals surface area contributed by atoms with Crippen LogP contribution in [0.15, 0.2) is 11.8 Å². The van der Waals surface area contributed by atoms with Crippen LogP contribution in [-0.4, -0.2) is 17.1 Å². The van der Waals surface area contributed by atoms with Gasteiger partial charge in [0.05, 0.1) is 0 Å². The van der Waals surface area contributed by atoms with E-state index in [4.69, 9.17) is 5.11 Å². The van der Waals surface area contributed by atoms with Gasteiger partial charge in [0.1, 0.15) is 0 Å². The van der Waals surface area contributed by atoms with Gasteiger partial charge in [-0.1, -0.05) is 13.8 Å². The molecule has 0 aliphatic rings. The fourth-order valence-electron chi connectivity index (χ4n) is 0.560. The fraction of sp³-hybridized carbons (Fsp3) is 0.625. The Morgan fingerprint density at radius 1 is 1.54 bits per heavy atom. The molecule has 0 aromatic carbocycles. The normalized spacial score (nSPS) is 15.6. The predicted molar refractivity (Wildman–Crippen MR) is 41.2 cm³/mol. The molecule has 0 radical (unpaired) electrons. The number of allylic oxidation sites excluding steroid dienone is 2. The predicted octanol–water partition coefficient (Wildman–Crippen LogP) is 2.61. The van der Waals surface area contributed by atoms with Gasteiger partial charge in [-0.3, -0.25) is 4.79 Å². The van der Waals surface area contributed by atoms with Crippen molar-refractivity contribution in [2.75, 3.05) is 0 Å². The number of ketones is 1. The minimum Gasteiger partial charge on any atom is -0.504 e. The largest absolute Gasteiger partial charge is 0.504 e. The number of hydrogen-bond acceptors (Lipinski definition) is 2. The van der Waals surface area contributed by atoms with E-state index in [2.05, 4.69) is 0 Å². The molecule has 1 unspecified atom stereocenters. The van der Waals surface area contributed by atoms with E-state index in [1.807, 2.05) is 0 Å². The van der Waals surface area contributed by atoms with Crippen molar-refractivity contribution < 1.29 is 23.1 Å². The van der Waals surface area contributed by atoms with E-state index in [0.717, 1.165) is 0 Å². The lowest BCUT2D eigenvalue weighted by Gasteiger charge is -2.06. The first-order chi connectivity index (χ1) is 5.79. The van der Waals surface area contributed by atoms with Crippen LogP contribution in [0.25, 0.3) is 0 Å². The number of carbonyl (C=O) groups excluding carboxylic acids is 1. The molecule has 76 valence electrons. The summed E-state index contributed by atoms with van der Waals surface area (Å²) in [5.41, 5.74) is 0. The lowest BCUT2D eigenvalue weighted by atomic mass is 10.0. The van der Waals surface area contributed by atoms with Crippen molar-refractivity contribution in [3.8, 4) is 0 Å². The zero-order valence-corrected chi connectivity index (χ0v) is 7.35. The molecular weight excluding hydrogens is 185 g/mol. The molecule has 0 spiro atoms. The van der Waals surface area contributed by atoms with E-state index in [0.29, 0.717) is 6.42 Å². The van der Waals surface area contributed by atoms with Gasteiger partial charge in [0.2, 0.25) is 5.76 Å². The van der Waals surface area contributed by atoms with E-state index < -0.39 is 23.6 Å². The Labute approximate surface area is 74.1 Å². The van der Waals surface area contributed by atoms with Crippen LogP contribution in [0.1, 0.15) is 20.3 Å². The molecule has 0 aliphatic carbocycles. The Kier molecular flexibility index (Phi) is 3.97. The third-order valence-corrected chi connectivity index (χ3v) is 1.67. The topological polar surface area (TPSA) is 37.3 Å². The van der Waals surface area contributed by atoms with Crippen LogP contribution >= 0.6 is 0 Å². The van der Waals surface area contributed by atoms with Gasteiger partial charge in [-0.25, -0.2) is 0 Å². The van der Waals surface area contributed by atoms with E-state index in [1.165, 1.54) is 6.92 Å². The number of halogens is 3. The van der Waals surface area contributed by atoms with Crippen LogP contribution < -0.4 is 0 Å². The first-order valence-corrected chi connectivity index (χ1v) is 3.80. The van der Waals surface area contributed by atoms with E-state index in [-0.39, 0.29) is 6.08 Å². The molecule has 0 aromatic heterocycles. The molecule has 1 atom stereocenters. The van der Waals surface area contributed by atoms with Crippen molar-refractivity contribution in [1.29, 1.82) is 0 Å². The van der Waals surface area contributed by atoms with Gasteiger partial charge in [0.15, 0.2) is 5.78 Å². The van der Waals surface area contributed by atoms with Gasteiger partial charge in [-0.05, 0) is 6.42 Å². The maximum absolute atomic E-state index is 11.7. The van der Waals surface area contributed by atoms with E-state index >= 15 is 0 Å². The first kappa shape index (κ1) is 12.0. The molecule has 0 amide bonds. The average Bonchev–Trinajstić information content (AvgIpc) is 2.01. The Balaban J connectivity index is 4.49. The summed E-state index contributed by atoms with van der Waals surface area (Å²) in [5.74, 6) is -3.04. The molecule has 2 nitrogen and oxygen atoms in total. The molecule has 13 heavy (non-hydrogen) atoms. The van der Waals surface area contributed by atoms with Crippen molar-refractivity contribution in [2.24, 2.45) is 5.92 Å². The Morgan fingerprint density at radius 3 is 2.31 bits per heavy atom. The lowest BCUT2D eigenvalue weighted by molar-refractivity contribution is -0.126. The molecule has 0 heterocycles. The van der Waals surface area contributed by atoms with Gasteiger partial charge in [0, 0.05) is 12.0 Å². The Bertz CT molecular complexity index is 218. The van der Waals surface area contributed by atoms with Crippen LogP contribution in [-0.2, 0) is 4.79 Å².